The predicted octanol–water partition coefficient (Wildman–Crippen LogP) is 2.31. The molecule has 0 bridgehead atoms. The van der Waals surface area contributed by atoms with Gasteiger partial charge < -0.3 is 20.9 Å². The van der Waals surface area contributed by atoms with Gasteiger partial charge in [-0.3, -0.25) is 9.59 Å². The summed E-state index contributed by atoms with van der Waals surface area (Å²) in [6.07, 6.45) is 3.44. The summed E-state index contributed by atoms with van der Waals surface area (Å²) in [6, 6.07) is 4.55. The number of primary amides is 1. The van der Waals surface area contributed by atoms with Crippen molar-refractivity contribution in [3.05, 3.63) is 28.8 Å². The highest BCUT2D eigenvalue weighted by atomic mass is 35.5. The van der Waals surface area contributed by atoms with Crippen molar-refractivity contribution in [3.8, 4) is 0 Å². The molecule has 1 aromatic carbocycles. The van der Waals surface area contributed by atoms with E-state index < -0.39 is 5.91 Å². The van der Waals surface area contributed by atoms with Crippen LogP contribution in [0.2, 0.25) is 5.02 Å². The van der Waals surface area contributed by atoms with Crippen LogP contribution < -0.4 is 11.1 Å². The second-order valence-electron chi connectivity index (χ2n) is 6.81. The highest BCUT2D eigenvalue weighted by molar-refractivity contribution is 6.33. The molecule has 2 heterocycles. The molecule has 2 saturated heterocycles. The minimum atomic E-state index is -0.390. The number of urea groups is 1. The lowest BCUT2D eigenvalue weighted by Gasteiger charge is -2.31. The van der Waals surface area contributed by atoms with Gasteiger partial charge in [0.05, 0.1) is 16.6 Å². The Morgan fingerprint density at radius 3 is 2.46 bits per heavy atom. The molecule has 0 radical (unpaired) electrons. The number of piperidine rings is 1. The van der Waals surface area contributed by atoms with Crippen LogP contribution >= 0.6 is 11.6 Å². The monoisotopic (exact) mass is 378 g/mol. The first-order valence-corrected chi connectivity index (χ1v) is 9.27. The molecule has 0 unspecified atom stereocenters. The van der Waals surface area contributed by atoms with Crippen molar-refractivity contribution >= 4 is 35.1 Å². The number of anilines is 1. The number of carbonyl (C=O) groups is 3. The van der Waals surface area contributed by atoms with Crippen LogP contribution in [-0.2, 0) is 4.79 Å². The van der Waals surface area contributed by atoms with Crippen molar-refractivity contribution < 1.29 is 14.4 Å². The second-order valence-corrected chi connectivity index (χ2v) is 7.22. The van der Waals surface area contributed by atoms with Gasteiger partial charge in [0.2, 0.25) is 5.91 Å². The lowest BCUT2D eigenvalue weighted by atomic mass is 9.98. The van der Waals surface area contributed by atoms with Gasteiger partial charge in [-0.05, 0) is 43.9 Å². The van der Waals surface area contributed by atoms with Gasteiger partial charge in [0.25, 0.3) is 5.91 Å². The summed E-state index contributed by atoms with van der Waals surface area (Å²) in [5, 5.41) is 3.12. The third-order valence-electron chi connectivity index (χ3n) is 4.96. The first-order chi connectivity index (χ1) is 12.5. The number of carbonyl (C=O) groups excluding carboxylic acids is 3. The number of benzene rings is 1. The van der Waals surface area contributed by atoms with Crippen LogP contribution in [0.5, 0.6) is 0 Å². The van der Waals surface area contributed by atoms with E-state index in [1.54, 1.807) is 28.0 Å². The summed E-state index contributed by atoms with van der Waals surface area (Å²) < 4.78 is 0. The van der Waals surface area contributed by atoms with Crippen LogP contribution in [0.15, 0.2) is 18.2 Å². The van der Waals surface area contributed by atoms with Gasteiger partial charge in [-0.2, -0.15) is 0 Å². The lowest BCUT2D eigenvalue weighted by Crippen LogP contribution is -2.45. The van der Waals surface area contributed by atoms with Crippen molar-refractivity contribution in [3.63, 3.8) is 0 Å². The Kier molecular flexibility index (Phi) is 5.66. The van der Waals surface area contributed by atoms with Crippen molar-refractivity contribution in [2.24, 2.45) is 11.7 Å². The maximum atomic E-state index is 12.5. The Hall–Kier alpha value is -2.28. The largest absolute Gasteiger partial charge is 0.369 e. The minimum absolute atomic E-state index is 0.0542. The van der Waals surface area contributed by atoms with E-state index in [-0.39, 0.29) is 17.9 Å². The highest BCUT2D eigenvalue weighted by Gasteiger charge is 2.27. The summed E-state index contributed by atoms with van der Waals surface area (Å²) in [4.78, 5) is 39.8. The standard InChI is InChI=1S/C18H23ClN4O3/c19-14-6-5-12(17(25)22-7-1-2-8-22)10-15(14)21-18(26)23-9-3-4-13(11-23)16(20)24/h5-6,10,13H,1-4,7-9,11H2,(H2,20,24)(H,21,26)/t13-/m1/s1. The van der Waals surface area contributed by atoms with Crippen molar-refractivity contribution in [2.75, 3.05) is 31.5 Å². The van der Waals surface area contributed by atoms with E-state index >= 15 is 0 Å². The van der Waals surface area contributed by atoms with Gasteiger partial charge in [-0.15, -0.1) is 0 Å². The molecule has 3 N–H and O–H groups in total. The van der Waals surface area contributed by atoms with Crippen molar-refractivity contribution in [1.29, 1.82) is 0 Å². The van der Waals surface area contributed by atoms with Crippen LogP contribution in [0.3, 0.4) is 0 Å². The Morgan fingerprint density at radius 2 is 1.77 bits per heavy atom. The maximum absolute atomic E-state index is 12.5. The average molecular weight is 379 g/mol. The zero-order chi connectivity index (χ0) is 18.7. The molecule has 7 nitrogen and oxygen atoms in total. The third kappa shape index (κ3) is 4.09. The fraction of sp³-hybridized carbons (Fsp3) is 0.500. The SMILES string of the molecule is NC(=O)[C@@H]1CCCN(C(=O)Nc2cc(C(=O)N3CCCC3)ccc2Cl)C1. The zero-order valence-corrected chi connectivity index (χ0v) is 15.3. The summed E-state index contributed by atoms with van der Waals surface area (Å²) in [5.41, 5.74) is 6.25. The molecule has 26 heavy (non-hydrogen) atoms. The van der Waals surface area contributed by atoms with Gasteiger partial charge in [-0.1, -0.05) is 11.6 Å². The Bertz CT molecular complexity index is 718. The number of nitrogens with two attached hydrogens (primary N) is 1. The van der Waals surface area contributed by atoms with Gasteiger partial charge in [0, 0.05) is 31.7 Å². The van der Waals surface area contributed by atoms with E-state index in [0.29, 0.717) is 35.8 Å². The molecule has 1 aromatic rings. The first kappa shape index (κ1) is 18.5. The number of nitrogens with one attached hydrogen (secondary N) is 1. The summed E-state index contributed by atoms with van der Waals surface area (Å²) in [6.45, 7) is 2.36. The molecule has 2 fully saturated rings. The summed E-state index contributed by atoms with van der Waals surface area (Å²) >= 11 is 6.19. The van der Waals surface area contributed by atoms with Crippen molar-refractivity contribution in [1.82, 2.24) is 9.80 Å². The van der Waals surface area contributed by atoms with Gasteiger partial charge in [0.15, 0.2) is 0 Å². The highest BCUT2D eigenvalue weighted by Crippen LogP contribution is 2.26. The van der Waals surface area contributed by atoms with E-state index in [0.717, 1.165) is 32.4 Å². The molecular formula is C18H23ClN4O3. The number of nitrogens with zero attached hydrogens (tertiary/aromatic N) is 2. The number of likely N-dealkylation sites (tertiary alicyclic amines) is 2. The molecule has 1 atom stereocenters. The molecule has 0 aromatic heterocycles. The first-order valence-electron chi connectivity index (χ1n) is 8.90. The van der Waals surface area contributed by atoms with Crippen LogP contribution in [0.1, 0.15) is 36.0 Å². The predicted molar refractivity (Wildman–Crippen MR) is 99.1 cm³/mol. The Balaban J connectivity index is 1.70. The molecule has 2 aliphatic rings. The Morgan fingerprint density at radius 1 is 1.08 bits per heavy atom. The number of hydrogen-bond donors (Lipinski definition) is 2. The van der Waals surface area contributed by atoms with Crippen LogP contribution in [0.4, 0.5) is 10.5 Å². The zero-order valence-electron chi connectivity index (χ0n) is 14.5. The molecule has 4 amide bonds. The van der Waals surface area contributed by atoms with E-state index in [9.17, 15) is 14.4 Å². The van der Waals surface area contributed by atoms with E-state index in [4.69, 9.17) is 17.3 Å². The van der Waals surface area contributed by atoms with E-state index in [1.165, 1.54) is 0 Å². The van der Waals surface area contributed by atoms with E-state index in [1.807, 2.05) is 0 Å². The lowest BCUT2D eigenvalue weighted by molar-refractivity contribution is -0.123. The van der Waals surface area contributed by atoms with E-state index in [2.05, 4.69) is 5.32 Å². The number of hydrogen-bond acceptors (Lipinski definition) is 3. The van der Waals surface area contributed by atoms with Gasteiger partial charge >= 0.3 is 6.03 Å². The quantitative estimate of drug-likeness (QED) is 0.844. The number of halogens is 1. The molecule has 0 spiro atoms. The van der Waals surface area contributed by atoms with Crippen molar-refractivity contribution in [2.45, 2.75) is 25.7 Å². The van der Waals surface area contributed by atoms with Gasteiger partial charge in [-0.25, -0.2) is 4.79 Å². The fourth-order valence-electron chi connectivity index (χ4n) is 3.44. The average Bonchev–Trinajstić information content (AvgIpc) is 3.17. The molecule has 0 aliphatic carbocycles. The molecule has 8 heteroatoms. The molecule has 0 saturated carbocycles. The van der Waals surface area contributed by atoms with Gasteiger partial charge in [0.1, 0.15) is 0 Å². The fourth-order valence-corrected chi connectivity index (χ4v) is 3.61. The Labute approximate surface area is 157 Å². The minimum Gasteiger partial charge on any atom is -0.369 e. The molecule has 140 valence electrons. The topological polar surface area (TPSA) is 95.7 Å². The third-order valence-corrected chi connectivity index (χ3v) is 5.29. The summed E-state index contributed by atoms with van der Waals surface area (Å²) in [7, 11) is 0. The number of amides is 4. The van der Waals surface area contributed by atoms with Crippen LogP contribution in [0.25, 0.3) is 0 Å². The normalized spacial score (nSPS) is 20.1. The molecular weight excluding hydrogens is 356 g/mol. The summed E-state index contributed by atoms with van der Waals surface area (Å²) in [5.74, 6) is -0.770. The second kappa shape index (κ2) is 7.95. The molecule has 3 rings (SSSR count). The smallest absolute Gasteiger partial charge is 0.321 e. The van der Waals surface area contributed by atoms with Crippen LogP contribution in [-0.4, -0.2) is 53.8 Å². The maximum Gasteiger partial charge on any atom is 0.321 e. The number of rotatable bonds is 3. The molecule has 2 aliphatic heterocycles. The van der Waals surface area contributed by atoms with Crippen LogP contribution in [0, 0.1) is 5.92 Å².